The molecule has 112 valence electrons. The summed E-state index contributed by atoms with van der Waals surface area (Å²) in [7, 11) is 2.21. The van der Waals surface area contributed by atoms with Crippen LogP contribution in [0.1, 0.15) is 30.5 Å². The summed E-state index contributed by atoms with van der Waals surface area (Å²) in [5, 5.41) is 0.817. The molecule has 0 saturated heterocycles. The molecule has 0 aromatic heterocycles. The Kier molecular flexibility index (Phi) is 2.77. The maximum atomic E-state index is 6.27. The van der Waals surface area contributed by atoms with E-state index in [4.69, 9.17) is 11.6 Å². The van der Waals surface area contributed by atoms with Crippen LogP contribution in [0.2, 0.25) is 5.02 Å². The molecule has 2 aromatic carbocycles. The Morgan fingerprint density at radius 3 is 2.68 bits per heavy atom. The third kappa shape index (κ3) is 1.60. The van der Waals surface area contributed by atoms with Gasteiger partial charge in [0.2, 0.25) is 0 Å². The molecular weight excluding hydrogens is 290 g/mol. The number of fused-ring (bicyclic) bond motifs is 2. The second-order valence-electron chi connectivity index (χ2n) is 6.98. The van der Waals surface area contributed by atoms with Gasteiger partial charge in [-0.1, -0.05) is 61.9 Å². The summed E-state index contributed by atoms with van der Waals surface area (Å²) >= 11 is 6.27. The molecule has 2 heteroatoms. The van der Waals surface area contributed by atoms with E-state index >= 15 is 0 Å². The lowest BCUT2D eigenvalue weighted by Crippen LogP contribution is -2.55. The van der Waals surface area contributed by atoms with E-state index in [1.165, 1.54) is 22.4 Å². The molecule has 1 nitrogen and oxygen atoms in total. The van der Waals surface area contributed by atoms with Crippen molar-refractivity contribution >= 4 is 23.4 Å². The molecule has 1 atom stereocenters. The largest absolute Gasteiger partial charge is 0.364 e. The number of benzene rings is 2. The summed E-state index contributed by atoms with van der Waals surface area (Å²) in [6.07, 6.45) is 5.70. The number of hydrogen-bond donors (Lipinski definition) is 0. The normalized spacial score (nSPS) is 24.5. The van der Waals surface area contributed by atoms with Crippen LogP contribution in [0.15, 0.2) is 48.5 Å². The SMILES string of the molecule is CN1c2ccc(Cl)cc2C(C)(C)C12C=Cc1ccccc1C2. The molecule has 1 heterocycles. The third-order valence-corrected chi connectivity index (χ3v) is 5.96. The summed E-state index contributed by atoms with van der Waals surface area (Å²) in [5.41, 5.74) is 5.36. The minimum Gasteiger partial charge on any atom is -0.364 e. The third-order valence-electron chi connectivity index (χ3n) is 5.73. The molecule has 0 N–H and O–H groups in total. The predicted octanol–water partition coefficient (Wildman–Crippen LogP) is 5.08. The van der Waals surface area contributed by atoms with E-state index in [1.807, 2.05) is 6.07 Å². The number of anilines is 1. The lowest BCUT2D eigenvalue weighted by molar-refractivity contribution is 0.330. The first-order valence-electron chi connectivity index (χ1n) is 7.77. The number of nitrogens with zero attached hydrogens (tertiary/aromatic N) is 1. The summed E-state index contributed by atoms with van der Waals surface area (Å²) < 4.78 is 0. The molecule has 1 unspecified atom stereocenters. The molecule has 2 aromatic rings. The second kappa shape index (κ2) is 4.39. The standard InChI is InChI=1S/C20H20ClN/c1-19(2)17-12-16(21)8-9-18(17)22(3)20(19)11-10-14-6-4-5-7-15(14)13-20/h4-12H,13H2,1-3H3. The molecule has 4 rings (SSSR count). The van der Waals surface area contributed by atoms with Gasteiger partial charge in [0.05, 0.1) is 5.54 Å². The van der Waals surface area contributed by atoms with E-state index in [2.05, 4.69) is 74.3 Å². The lowest BCUT2D eigenvalue weighted by Gasteiger charge is -2.46. The van der Waals surface area contributed by atoms with Crippen LogP contribution in [-0.4, -0.2) is 12.6 Å². The number of likely N-dealkylation sites (N-methyl/N-ethyl adjacent to an activating group) is 1. The van der Waals surface area contributed by atoms with Crippen LogP contribution in [0, 0.1) is 0 Å². The first-order valence-corrected chi connectivity index (χ1v) is 8.14. The van der Waals surface area contributed by atoms with Crippen molar-refractivity contribution in [1.29, 1.82) is 0 Å². The highest BCUT2D eigenvalue weighted by Gasteiger charge is 2.54. The topological polar surface area (TPSA) is 3.24 Å². The van der Waals surface area contributed by atoms with Crippen LogP contribution in [0.4, 0.5) is 5.69 Å². The average molecular weight is 310 g/mol. The number of halogens is 1. The lowest BCUT2D eigenvalue weighted by atomic mass is 9.65. The fourth-order valence-electron chi connectivity index (χ4n) is 4.26. The second-order valence-corrected chi connectivity index (χ2v) is 7.42. The highest BCUT2D eigenvalue weighted by Crippen LogP contribution is 2.54. The number of rotatable bonds is 0. The van der Waals surface area contributed by atoms with Crippen molar-refractivity contribution in [3.05, 3.63) is 70.3 Å². The Hall–Kier alpha value is -1.73. The van der Waals surface area contributed by atoms with E-state index in [0.29, 0.717) is 0 Å². The van der Waals surface area contributed by atoms with E-state index in [0.717, 1.165) is 11.4 Å². The molecule has 1 aliphatic heterocycles. The van der Waals surface area contributed by atoms with Gasteiger partial charge in [-0.2, -0.15) is 0 Å². The molecule has 0 amide bonds. The van der Waals surface area contributed by atoms with Crippen LogP contribution >= 0.6 is 11.6 Å². The zero-order valence-corrected chi connectivity index (χ0v) is 14.0. The molecule has 22 heavy (non-hydrogen) atoms. The zero-order chi connectivity index (χ0) is 15.5. The monoisotopic (exact) mass is 309 g/mol. The highest BCUT2D eigenvalue weighted by atomic mass is 35.5. The Morgan fingerprint density at radius 2 is 1.86 bits per heavy atom. The summed E-state index contributed by atoms with van der Waals surface area (Å²) in [6.45, 7) is 4.67. The van der Waals surface area contributed by atoms with Gasteiger partial charge in [0.25, 0.3) is 0 Å². The Morgan fingerprint density at radius 1 is 1.09 bits per heavy atom. The van der Waals surface area contributed by atoms with Crippen molar-refractivity contribution in [1.82, 2.24) is 0 Å². The zero-order valence-electron chi connectivity index (χ0n) is 13.2. The van der Waals surface area contributed by atoms with Gasteiger partial charge in [0.1, 0.15) is 0 Å². The van der Waals surface area contributed by atoms with Crippen LogP contribution in [-0.2, 0) is 11.8 Å². The van der Waals surface area contributed by atoms with Gasteiger partial charge >= 0.3 is 0 Å². The van der Waals surface area contributed by atoms with Gasteiger partial charge in [0.15, 0.2) is 0 Å². The first-order chi connectivity index (χ1) is 10.5. The molecule has 0 radical (unpaired) electrons. The van der Waals surface area contributed by atoms with Crippen LogP contribution in [0.3, 0.4) is 0 Å². The molecule has 1 aliphatic carbocycles. The summed E-state index contributed by atoms with van der Waals surface area (Å²) in [5.74, 6) is 0. The van der Waals surface area contributed by atoms with Gasteiger partial charge in [0, 0.05) is 29.6 Å². The van der Waals surface area contributed by atoms with Crippen molar-refractivity contribution in [2.45, 2.75) is 31.2 Å². The Labute approximate surface area is 137 Å². The molecule has 0 fully saturated rings. The summed E-state index contributed by atoms with van der Waals surface area (Å²) in [4.78, 5) is 2.44. The van der Waals surface area contributed by atoms with Gasteiger partial charge < -0.3 is 4.90 Å². The predicted molar refractivity (Wildman–Crippen MR) is 94.8 cm³/mol. The van der Waals surface area contributed by atoms with Crippen molar-refractivity contribution in [3.8, 4) is 0 Å². The van der Waals surface area contributed by atoms with Crippen molar-refractivity contribution < 1.29 is 0 Å². The van der Waals surface area contributed by atoms with E-state index in [9.17, 15) is 0 Å². The van der Waals surface area contributed by atoms with Crippen LogP contribution in [0.5, 0.6) is 0 Å². The van der Waals surface area contributed by atoms with Crippen LogP contribution < -0.4 is 4.90 Å². The fraction of sp³-hybridized carbons (Fsp3) is 0.300. The minimum atomic E-state index is -0.0334. The number of hydrogen-bond acceptors (Lipinski definition) is 1. The molecule has 2 aliphatic rings. The van der Waals surface area contributed by atoms with Crippen molar-refractivity contribution in [3.63, 3.8) is 0 Å². The molecule has 0 bridgehead atoms. The molecule has 1 spiro atoms. The maximum absolute atomic E-state index is 6.27. The van der Waals surface area contributed by atoms with E-state index in [1.54, 1.807) is 0 Å². The van der Waals surface area contributed by atoms with Crippen molar-refractivity contribution in [2.75, 3.05) is 11.9 Å². The molecule has 0 saturated carbocycles. The maximum Gasteiger partial charge on any atom is 0.0717 e. The summed E-state index contributed by atoms with van der Waals surface area (Å²) in [6, 6.07) is 15.0. The molecular formula is C20H20ClN. The van der Waals surface area contributed by atoms with E-state index in [-0.39, 0.29) is 11.0 Å². The Bertz CT molecular complexity index is 790. The quantitative estimate of drug-likeness (QED) is 0.656. The first kappa shape index (κ1) is 13.9. The smallest absolute Gasteiger partial charge is 0.0717 e. The average Bonchev–Trinajstić information content (AvgIpc) is 2.67. The fourth-order valence-corrected chi connectivity index (χ4v) is 4.44. The Balaban J connectivity index is 1.91. The van der Waals surface area contributed by atoms with E-state index < -0.39 is 0 Å². The van der Waals surface area contributed by atoms with Gasteiger partial charge in [-0.15, -0.1) is 0 Å². The van der Waals surface area contributed by atoms with Gasteiger partial charge in [-0.3, -0.25) is 0 Å². The minimum absolute atomic E-state index is 0.00597. The highest BCUT2D eigenvalue weighted by molar-refractivity contribution is 6.30. The van der Waals surface area contributed by atoms with Crippen molar-refractivity contribution in [2.24, 2.45) is 0 Å². The van der Waals surface area contributed by atoms with Crippen LogP contribution in [0.25, 0.3) is 6.08 Å². The van der Waals surface area contributed by atoms with Gasteiger partial charge in [-0.25, -0.2) is 0 Å². The van der Waals surface area contributed by atoms with Gasteiger partial charge in [-0.05, 0) is 34.9 Å².